The Kier molecular flexibility index (Phi) is 8.67. The minimum absolute atomic E-state index is 0.149. The van der Waals surface area contributed by atoms with Crippen molar-refractivity contribution in [2.24, 2.45) is 0 Å². The predicted molar refractivity (Wildman–Crippen MR) is 133 cm³/mol. The van der Waals surface area contributed by atoms with Gasteiger partial charge in [-0.05, 0) is 55.0 Å². The normalized spacial score (nSPS) is 10.5. The zero-order valence-corrected chi connectivity index (χ0v) is 20.7. The van der Waals surface area contributed by atoms with E-state index >= 15 is 0 Å². The van der Waals surface area contributed by atoms with Gasteiger partial charge in [0, 0.05) is 22.3 Å². The minimum atomic E-state index is -0.232. The second-order valence-corrected chi connectivity index (χ2v) is 8.81. The standard InChI is InChI=1S/C23H24BrN5O3S/c1-4-11-29-20(13-25-22(31)16-5-8-18(32-3)9-6-16)27-28-23(29)33-14-21(30)26-17-7-10-19(24)15(2)12-17/h4-10,12H,1,11,13-14H2,2-3H3,(H,25,31)(H,26,30). The molecule has 172 valence electrons. The van der Waals surface area contributed by atoms with Crippen LogP contribution in [0.2, 0.25) is 0 Å². The Morgan fingerprint density at radius 2 is 1.97 bits per heavy atom. The number of aryl methyl sites for hydroxylation is 1. The molecule has 0 unspecified atom stereocenters. The summed E-state index contributed by atoms with van der Waals surface area (Å²) in [6.45, 7) is 6.38. The highest BCUT2D eigenvalue weighted by Crippen LogP contribution is 2.21. The lowest BCUT2D eigenvalue weighted by Crippen LogP contribution is -2.24. The van der Waals surface area contributed by atoms with Gasteiger partial charge in [-0.15, -0.1) is 16.8 Å². The van der Waals surface area contributed by atoms with Crippen LogP contribution in [0.15, 0.2) is 64.7 Å². The van der Waals surface area contributed by atoms with Crippen molar-refractivity contribution < 1.29 is 14.3 Å². The van der Waals surface area contributed by atoms with E-state index in [-0.39, 0.29) is 24.1 Å². The van der Waals surface area contributed by atoms with E-state index in [2.05, 4.69) is 43.3 Å². The van der Waals surface area contributed by atoms with Crippen LogP contribution in [0.25, 0.3) is 0 Å². The van der Waals surface area contributed by atoms with Gasteiger partial charge in [0.15, 0.2) is 11.0 Å². The maximum absolute atomic E-state index is 12.4. The number of carbonyl (C=O) groups is 2. The molecule has 0 fully saturated rings. The SMILES string of the molecule is C=CCn1c(CNC(=O)c2ccc(OC)cc2)nnc1SCC(=O)Nc1ccc(Br)c(C)c1. The maximum atomic E-state index is 12.4. The molecular formula is C23H24BrN5O3S. The van der Waals surface area contributed by atoms with E-state index in [0.29, 0.717) is 28.8 Å². The Hall–Kier alpha value is -3.11. The molecule has 0 aliphatic heterocycles. The summed E-state index contributed by atoms with van der Waals surface area (Å²) in [4.78, 5) is 24.8. The van der Waals surface area contributed by atoms with Gasteiger partial charge in [-0.3, -0.25) is 9.59 Å². The number of halogens is 1. The summed E-state index contributed by atoms with van der Waals surface area (Å²) in [6.07, 6.45) is 1.72. The highest BCUT2D eigenvalue weighted by Gasteiger charge is 2.15. The van der Waals surface area contributed by atoms with Gasteiger partial charge in [0.1, 0.15) is 5.75 Å². The Labute approximate surface area is 204 Å². The van der Waals surface area contributed by atoms with Crippen molar-refractivity contribution in [1.29, 1.82) is 0 Å². The molecule has 0 saturated carbocycles. The summed E-state index contributed by atoms with van der Waals surface area (Å²) in [5, 5.41) is 14.7. The largest absolute Gasteiger partial charge is 0.497 e. The number of allylic oxidation sites excluding steroid dienone is 1. The van der Waals surface area contributed by atoms with E-state index in [1.807, 2.05) is 29.7 Å². The third kappa shape index (κ3) is 6.69. The first kappa shape index (κ1) is 24.5. The van der Waals surface area contributed by atoms with Gasteiger partial charge < -0.3 is 19.9 Å². The number of hydrogen-bond donors (Lipinski definition) is 2. The van der Waals surface area contributed by atoms with Crippen LogP contribution in [0, 0.1) is 6.92 Å². The summed E-state index contributed by atoms with van der Waals surface area (Å²) in [6, 6.07) is 12.5. The third-order valence-corrected chi connectivity index (χ3v) is 6.49. The van der Waals surface area contributed by atoms with Gasteiger partial charge in [-0.25, -0.2) is 0 Å². The molecule has 3 aromatic rings. The summed E-state index contributed by atoms with van der Waals surface area (Å²) < 4.78 is 7.92. The molecule has 3 rings (SSSR count). The first-order valence-electron chi connectivity index (χ1n) is 10.0. The van der Waals surface area contributed by atoms with Crippen LogP contribution in [-0.4, -0.2) is 39.4 Å². The highest BCUT2D eigenvalue weighted by molar-refractivity contribution is 9.10. The number of thioether (sulfide) groups is 1. The van der Waals surface area contributed by atoms with Gasteiger partial charge in [0.05, 0.1) is 19.4 Å². The van der Waals surface area contributed by atoms with Crippen molar-refractivity contribution >= 4 is 45.2 Å². The van der Waals surface area contributed by atoms with Crippen molar-refractivity contribution in [3.05, 3.63) is 76.5 Å². The summed E-state index contributed by atoms with van der Waals surface area (Å²) >= 11 is 4.72. The molecule has 0 saturated heterocycles. The number of aromatic nitrogens is 3. The molecule has 0 aliphatic rings. The third-order valence-electron chi connectivity index (χ3n) is 4.64. The Bertz CT molecular complexity index is 1150. The van der Waals surface area contributed by atoms with Gasteiger partial charge in [0.25, 0.3) is 5.91 Å². The molecule has 0 aliphatic carbocycles. The molecule has 0 bridgehead atoms. The Morgan fingerprint density at radius 3 is 2.64 bits per heavy atom. The molecule has 0 spiro atoms. The number of nitrogens with one attached hydrogen (secondary N) is 2. The fourth-order valence-corrected chi connectivity index (χ4v) is 3.94. The van der Waals surface area contributed by atoms with Gasteiger partial charge in [0.2, 0.25) is 5.91 Å². The molecule has 33 heavy (non-hydrogen) atoms. The van der Waals surface area contributed by atoms with E-state index in [1.165, 1.54) is 11.8 Å². The van der Waals surface area contributed by atoms with Crippen molar-refractivity contribution in [1.82, 2.24) is 20.1 Å². The van der Waals surface area contributed by atoms with E-state index in [0.717, 1.165) is 15.7 Å². The summed E-state index contributed by atoms with van der Waals surface area (Å²) in [5.41, 5.74) is 2.28. The minimum Gasteiger partial charge on any atom is -0.497 e. The molecule has 2 aromatic carbocycles. The monoisotopic (exact) mass is 529 g/mol. The average molecular weight is 530 g/mol. The second kappa shape index (κ2) is 11.7. The van der Waals surface area contributed by atoms with Gasteiger partial charge in [-0.1, -0.05) is 33.8 Å². The number of benzene rings is 2. The van der Waals surface area contributed by atoms with Crippen molar-refractivity contribution in [2.75, 3.05) is 18.2 Å². The smallest absolute Gasteiger partial charge is 0.251 e. The first-order valence-corrected chi connectivity index (χ1v) is 11.8. The maximum Gasteiger partial charge on any atom is 0.251 e. The molecular weight excluding hydrogens is 506 g/mol. The number of carbonyl (C=O) groups excluding carboxylic acids is 2. The molecule has 8 nitrogen and oxygen atoms in total. The lowest BCUT2D eigenvalue weighted by molar-refractivity contribution is -0.113. The molecule has 10 heteroatoms. The summed E-state index contributed by atoms with van der Waals surface area (Å²) in [7, 11) is 1.57. The van der Waals surface area contributed by atoms with E-state index in [1.54, 1.807) is 37.5 Å². The number of methoxy groups -OCH3 is 1. The first-order chi connectivity index (χ1) is 15.9. The number of ether oxygens (including phenoxy) is 1. The van der Waals surface area contributed by atoms with Crippen molar-refractivity contribution in [3.63, 3.8) is 0 Å². The van der Waals surface area contributed by atoms with E-state index < -0.39 is 0 Å². The number of nitrogens with zero attached hydrogens (tertiary/aromatic N) is 3. The predicted octanol–water partition coefficient (Wildman–Crippen LogP) is 4.20. The zero-order chi connectivity index (χ0) is 23.8. The molecule has 1 heterocycles. The van der Waals surface area contributed by atoms with Gasteiger partial charge >= 0.3 is 0 Å². The van der Waals surface area contributed by atoms with E-state index in [9.17, 15) is 9.59 Å². The molecule has 0 atom stereocenters. The quantitative estimate of drug-likeness (QED) is 0.301. The van der Waals surface area contributed by atoms with Crippen LogP contribution in [0.4, 0.5) is 5.69 Å². The topological polar surface area (TPSA) is 98.1 Å². The molecule has 1 aromatic heterocycles. The molecule has 2 N–H and O–H groups in total. The Morgan fingerprint density at radius 1 is 1.21 bits per heavy atom. The zero-order valence-electron chi connectivity index (χ0n) is 18.3. The fraction of sp³-hybridized carbons (Fsp3) is 0.217. The summed E-state index contributed by atoms with van der Waals surface area (Å²) in [5.74, 6) is 1.04. The van der Waals surface area contributed by atoms with Crippen LogP contribution in [0.1, 0.15) is 21.7 Å². The fourth-order valence-electron chi connectivity index (χ4n) is 2.92. The lowest BCUT2D eigenvalue weighted by Gasteiger charge is -2.10. The van der Waals surface area contributed by atoms with Crippen LogP contribution in [0.3, 0.4) is 0 Å². The second-order valence-electron chi connectivity index (χ2n) is 7.01. The van der Waals surface area contributed by atoms with Gasteiger partial charge in [-0.2, -0.15) is 0 Å². The van der Waals surface area contributed by atoms with Crippen LogP contribution >= 0.6 is 27.7 Å². The molecule has 2 amide bonds. The highest BCUT2D eigenvalue weighted by atomic mass is 79.9. The molecule has 0 radical (unpaired) electrons. The van der Waals surface area contributed by atoms with Crippen LogP contribution < -0.4 is 15.4 Å². The van der Waals surface area contributed by atoms with Crippen molar-refractivity contribution in [2.45, 2.75) is 25.2 Å². The number of hydrogen-bond acceptors (Lipinski definition) is 6. The van der Waals surface area contributed by atoms with Crippen molar-refractivity contribution in [3.8, 4) is 5.75 Å². The number of amides is 2. The number of anilines is 1. The Balaban J connectivity index is 1.59. The van der Waals surface area contributed by atoms with Crippen LogP contribution in [0.5, 0.6) is 5.75 Å². The van der Waals surface area contributed by atoms with E-state index in [4.69, 9.17) is 4.74 Å². The lowest BCUT2D eigenvalue weighted by atomic mass is 10.2. The average Bonchev–Trinajstić information content (AvgIpc) is 3.20. The number of rotatable bonds is 10. The van der Waals surface area contributed by atoms with Crippen LogP contribution in [-0.2, 0) is 17.9 Å².